The Labute approximate surface area is 251 Å². The Bertz CT molecular complexity index is 1560. The largest absolute Gasteiger partial charge is 0.392 e. The van der Waals surface area contributed by atoms with Gasteiger partial charge in [-0.05, 0) is 66.8 Å². The molecule has 0 aliphatic carbocycles. The molecule has 1 amide bonds. The van der Waals surface area contributed by atoms with Gasteiger partial charge in [-0.3, -0.25) is 9.69 Å². The number of piperazine rings is 1. The molecule has 1 aromatic heterocycles. The Balaban J connectivity index is 1.22. The molecule has 1 aliphatic heterocycles. The second-order valence-corrected chi connectivity index (χ2v) is 11.1. The van der Waals surface area contributed by atoms with Crippen LogP contribution >= 0.6 is 0 Å². The van der Waals surface area contributed by atoms with E-state index in [0.717, 1.165) is 48.7 Å². The van der Waals surface area contributed by atoms with Crippen LogP contribution in [0.1, 0.15) is 48.2 Å². The van der Waals surface area contributed by atoms with Gasteiger partial charge in [0, 0.05) is 38.4 Å². The lowest BCUT2D eigenvalue weighted by atomic mass is 10.0. The summed E-state index contributed by atoms with van der Waals surface area (Å²) in [5.74, 6) is -0.0363. The van der Waals surface area contributed by atoms with Crippen LogP contribution in [0.3, 0.4) is 0 Å². The van der Waals surface area contributed by atoms with Crippen molar-refractivity contribution in [3.05, 3.63) is 112 Å². The molecule has 1 aliphatic rings. The second-order valence-electron chi connectivity index (χ2n) is 11.1. The molecule has 2 heterocycles. The Morgan fingerprint density at radius 2 is 1.56 bits per heavy atom. The quantitative estimate of drug-likeness (QED) is 0.248. The van der Waals surface area contributed by atoms with Crippen molar-refractivity contribution >= 4 is 11.6 Å². The van der Waals surface area contributed by atoms with Crippen molar-refractivity contribution in [2.24, 2.45) is 0 Å². The summed E-state index contributed by atoms with van der Waals surface area (Å²) in [5, 5.41) is 26.4. The third-order valence-electron chi connectivity index (χ3n) is 8.04. The molecule has 0 radical (unpaired) electrons. The van der Waals surface area contributed by atoms with Crippen molar-refractivity contribution in [2.45, 2.75) is 45.6 Å². The predicted molar refractivity (Wildman–Crippen MR) is 166 cm³/mol. The number of amides is 1. The van der Waals surface area contributed by atoms with Gasteiger partial charge in [-0.15, -0.1) is 0 Å². The smallest absolute Gasteiger partial charge is 0.350 e. The Hall–Kier alpha value is -4.25. The van der Waals surface area contributed by atoms with Gasteiger partial charge in [0.05, 0.1) is 24.9 Å². The summed E-state index contributed by atoms with van der Waals surface area (Å²) in [7, 11) is 0. The van der Waals surface area contributed by atoms with Gasteiger partial charge in [0.2, 0.25) is 5.91 Å². The van der Waals surface area contributed by atoms with E-state index in [9.17, 15) is 19.8 Å². The van der Waals surface area contributed by atoms with Crippen molar-refractivity contribution in [3.63, 3.8) is 0 Å². The molecule has 3 aromatic carbocycles. The summed E-state index contributed by atoms with van der Waals surface area (Å²) in [6.45, 7) is 7.06. The first-order valence-electron chi connectivity index (χ1n) is 14.8. The summed E-state index contributed by atoms with van der Waals surface area (Å²) in [4.78, 5) is 30.8. The highest BCUT2D eigenvalue weighted by molar-refractivity contribution is 5.83. The minimum absolute atomic E-state index is 0.00373. The summed E-state index contributed by atoms with van der Waals surface area (Å²) in [6.07, 6.45) is 2.18. The van der Waals surface area contributed by atoms with Crippen molar-refractivity contribution in [1.29, 1.82) is 0 Å². The van der Waals surface area contributed by atoms with Crippen LogP contribution in [0.5, 0.6) is 0 Å². The molecule has 226 valence electrons. The number of nitrogens with zero attached hydrogens (tertiary/aromatic N) is 5. The molecule has 0 saturated carbocycles. The maximum atomic E-state index is 13.6. The molecule has 0 spiro atoms. The predicted octanol–water partition coefficient (Wildman–Crippen LogP) is 2.82. The standard InChI is InChI=1S/C33H40N6O4/c1-24(2)39-33(43)38(23-35-39)30-12-10-29(11-13-30)36-16-18-37(19-17-36)31(26-6-4-3-5-7-26)32(42)34-15-14-25-8-9-27(21-40)28(20-25)22-41/h3-13,20,23-24,31,40-41H,14-19,21-22H2,1-2H3,(H,34,42). The molecular formula is C33H40N6O4. The molecular weight excluding hydrogens is 544 g/mol. The number of nitrogens with one attached hydrogen (secondary N) is 1. The van der Waals surface area contributed by atoms with Crippen molar-refractivity contribution in [2.75, 3.05) is 37.6 Å². The highest BCUT2D eigenvalue weighted by atomic mass is 16.3. The van der Waals surface area contributed by atoms with E-state index in [1.807, 2.05) is 86.6 Å². The monoisotopic (exact) mass is 584 g/mol. The van der Waals surface area contributed by atoms with Crippen LogP contribution in [0.4, 0.5) is 5.69 Å². The fraction of sp³-hybridized carbons (Fsp3) is 0.364. The lowest BCUT2D eigenvalue weighted by Gasteiger charge is -2.39. The molecule has 4 aromatic rings. The van der Waals surface area contributed by atoms with E-state index >= 15 is 0 Å². The highest BCUT2D eigenvalue weighted by Gasteiger charge is 2.30. The Morgan fingerprint density at radius 3 is 2.19 bits per heavy atom. The van der Waals surface area contributed by atoms with Crippen LogP contribution in [0.2, 0.25) is 0 Å². The first-order valence-corrected chi connectivity index (χ1v) is 14.8. The van der Waals surface area contributed by atoms with Crippen molar-refractivity contribution in [1.82, 2.24) is 24.6 Å². The molecule has 1 saturated heterocycles. The van der Waals surface area contributed by atoms with Gasteiger partial charge >= 0.3 is 5.69 Å². The second kappa shape index (κ2) is 13.8. The van der Waals surface area contributed by atoms with Crippen LogP contribution in [-0.4, -0.2) is 68.1 Å². The minimum Gasteiger partial charge on any atom is -0.392 e. The number of carbonyl (C=O) groups is 1. The van der Waals surface area contributed by atoms with Gasteiger partial charge in [0.25, 0.3) is 0 Å². The van der Waals surface area contributed by atoms with E-state index < -0.39 is 6.04 Å². The van der Waals surface area contributed by atoms with Crippen LogP contribution in [0, 0.1) is 0 Å². The minimum atomic E-state index is -0.403. The number of aromatic nitrogens is 3. The molecule has 1 atom stereocenters. The van der Waals surface area contributed by atoms with E-state index in [0.29, 0.717) is 24.1 Å². The SMILES string of the molecule is CC(C)n1ncn(-c2ccc(N3CCN(C(C(=O)NCCc4ccc(CO)c(CO)c4)c4ccccc4)CC3)cc2)c1=O. The first kappa shape index (κ1) is 30.2. The molecule has 5 rings (SSSR count). The van der Waals surface area contributed by atoms with E-state index in [2.05, 4.69) is 20.2 Å². The zero-order valence-corrected chi connectivity index (χ0v) is 24.8. The van der Waals surface area contributed by atoms with Crippen molar-refractivity contribution < 1.29 is 15.0 Å². The summed E-state index contributed by atoms with van der Waals surface area (Å²) in [5.41, 5.74) is 5.06. The molecule has 3 N–H and O–H groups in total. The zero-order valence-electron chi connectivity index (χ0n) is 24.8. The first-order chi connectivity index (χ1) is 20.9. The van der Waals surface area contributed by atoms with E-state index in [4.69, 9.17) is 0 Å². The average Bonchev–Trinajstić information content (AvgIpc) is 3.43. The van der Waals surface area contributed by atoms with Crippen LogP contribution in [-0.2, 0) is 24.4 Å². The number of benzene rings is 3. The Kier molecular flexibility index (Phi) is 9.71. The number of rotatable bonds is 11. The summed E-state index contributed by atoms with van der Waals surface area (Å²) >= 11 is 0. The molecule has 1 fully saturated rings. The maximum Gasteiger partial charge on any atom is 0.350 e. The third-order valence-corrected chi connectivity index (χ3v) is 8.04. The van der Waals surface area contributed by atoms with Crippen LogP contribution < -0.4 is 15.9 Å². The molecule has 0 bridgehead atoms. The molecule has 10 heteroatoms. The molecule has 10 nitrogen and oxygen atoms in total. The van der Waals surface area contributed by atoms with Crippen LogP contribution in [0.15, 0.2) is 83.9 Å². The van der Waals surface area contributed by atoms with Gasteiger partial charge in [0.1, 0.15) is 12.4 Å². The van der Waals surface area contributed by atoms with E-state index in [1.165, 1.54) is 4.68 Å². The number of anilines is 1. The average molecular weight is 585 g/mol. The van der Waals surface area contributed by atoms with Gasteiger partial charge in [-0.2, -0.15) is 5.10 Å². The summed E-state index contributed by atoms with van der Waals surface area (Å²) in [6, 6.07) is 23.0. The van der Waals surface area contributed by atoms with E-state index in [-0.39, 0.29) is 30.9 Å². The normalized spacial score (nSPS) is 14.7. The fourth-order valence-electron chi connectivity index (χ4n) is 5.64. The Morgan fingerprint density at radius 1 is 0.884 bits per heavy atom. The maximum absolute atomic E-state index is 13.6. The van der Waals surface area contributed by atoms with E-state index in [1.54, 1.807) is 10.9 Å². The fourth-order valence-corrected chi connectivity index (χ4v) is 5.64. The van der Waals surface area contributed by atoms with Gasteiger partial charge in [-0.1, -0.05) is 48.5 Å². The zero-order chi connectivity index (χ0) is 30.3. The number of hydrogen-bond acceptors (Lipinski definition) is 7. The van der Waals surface area contributed by atoms with Gasteiger partial charge in [-0.25, -0.2) is 14.0 Å². The number of hydrogen-bond donors (Lipinski definition) is 3. The number of aliphatic hydroxyl groups excluding tert-OH is 2. The van der Waals surface area contributed by atoms with Gasteiger partial charge in [0.15, 0.2) is 0 Å². The molecule has 1 unspecified atom stereocenters. The highest BCUT2D eigenvalue weighted by Crippen LogP contribution is 2.25. The lowest BCUT2D eigenvalue weighted by molar-refractivity contribution is -0.126. The van der Waals surface area contributed by atoms with Crippen LogP contribution in [0.25, 0.3) is 5.69 Å². The topological polar surface area (TPSA) is 116 Å². The summed E-state index contributed by atoms with van der Waals surface area (Å²) < 4.78 is 3.02. The third kappa shape index (κ3) is 6.88. The number of carbonyl (C=O) groups excluding carboxylic acids is 1. The lowest BCUT2D eigenvalue weighted by Crippen LogP contribution is -2.51. The van der Waals surface area contributed by atoms with Crippen molar-refractivity contribution in [3.8, 4) is 5.69 Å². The van der Waals surface area contributed by atoms with Gasteiger partial charge < -0.3 is 20.4 Å². The number of aliphatic hydroxyl groups is 2. The molecule has 43 heavy (non-hydrogen) atoms.